The fraction of sp³-hybridized carbons (Fsp3) is 0.938. The quantitative estimate of drug-likeness (QED) is 0.749. The highest BCUT2D eigenvalue weighted by Gasteiger charge is 2.38. The Morgan fingerprint density at radius 2 is 1.90 bits per heavy atom. The van der Waals surface area contributed by atoms with Gasteiger partial charge in [0, 0.05) is 18.6 Å². The minimum absolute atomic E-state index is 0.211. The predicted octanol–water partition coefficient (Wildman–Crippen LogP) is 2.28. The van der Waals surface area contributed by atoms with Gasteiger partial charge in [-0.25, -0.2) is 0 Å². The molecule has 116 valence electrons. The summed E-state index contributed by atoms with van der Waals surface area (Å²) in [6.07, 6.45) is 5.63. The fourth-order valence-electron chi connectivity index (χ4n) is 3.71. The van der Waals surface area contributed by atoms with Crippen molar-refractivity contribution in [1.82, 2.24) is 9.80 Å². The summed E-state index contributed by atoms with van der Waals surface area (Å²) in [6.45, 7) is 10.1. The zero-order valence-corrected chi connectivity index (χ0v) is 13.3. The van der Waals surface area contributed by atoms with E-state index in [4.69, 9.17) is 4.74 Å². The molecule has 20 heavy (non-hydrogen) atoms. The number of hydrogen-bond donors (Lipinski definition) is 0. The van der Waals surface area contributed by atoms with Crippen LogP contribution in [0.15, 0.2) is 0 Å². The van der Waals surface area contributed by atoms with Crippen molar-refractivity contribution >= 4 is 5.91 Å². The Kier molecular flexibility index (Phi) is 5.85. The van der Waals surface area contributed by atoms with Crippen molar-refractivity contribution in [2.75, 3.05) is 26.2 Å². The van der Waals surface area contributed by atoms with Crippen molar-refractivity contribution in [3.05, 3.63) is 0 Å². The van der Waals surface area contributed by atoms with E-state index >= 15 is 0 Å². The second-order valence-corrected chi connectivity index (χ2v) is 6.30. The van der Waals surface area contributed by atoms with E-state index in [-0.39, 0.29) is 12.0 Å². The molecule has 0 unspecified atom stereocenters. The summed E-state index contributed by atoms with van der Waals surface area (Å²) >= 11 is 0. The van der Waals surface area contributed by atoms with Gasteiger partial charge in [-0.05, 0) is 52.6 Å². The smallest absolute Gasteiger partial charge is 0.225 e. The highest BCUT2D eigenvalue weighted by molar-refractivity contribution is 5.77. The van der Waals surface area contributed by atoms with E-state index in [0.29, 0.717) is 25.1 Å². The van der Waals surface area contributed by atoms with Crippen LogP contribution in [0.4, 0.5) is 0 Å². The molecule has 2 aliphatic heterocycles. The molecule has 2 aliphatic rings. The topological polar surface area (TPSA) is 32.8 Å². The molecule has 0 aromatic heterocycles. The first-order valence-corrected chi connectivity index (χ1v) is 8.28. The van der Waals surface area contributed by atoms with E-state index in [9.17, 15) is 4.79 Å². The van der Waals surface area contributed by atoms with Crippen LogP contribution in [0.1, 0.15) is 52.9 Å². The minimum atomic E-state index is 0.211. The molecule has 2 saturated heterocycles. The van der Waals surface area contributed by atoms with Crippen molar-refractivity contribution in [2.45, 2.75) is 71.1 Å². The van der Waals surface area contributed by atoms with Crippen molar-refractivity contribution in [2.24, 2.45) is 0 Å². The molecule has 2 fully saturated rings. The lowest BCUT2D eigenvalue weighted by molar-refractivity contribution is -0.134. The summed E-state index contributed by atoms with van der Waals surface area (Å²) in [5, 5.41) is 0. The van der Waals surface area contributed by atoms with Crippen LogP contribution < -0.4 is 0 Å². The average molecular weight is 282 g/mol. The number of hydrogen-bond acceptors (Lipinski definition) is 3. The van der Waals surface area contributed by atoms with Gasteiger partial charge in [-0.1, -0.05) is 6.92 Å². The number of ether oxygens (including phenoxy) is 1. The third-order valence-electron chi connectivity index (χ3n) is 4.65. The van der Waals surface area contributed by atoms with Crippen LogP contribution in [0, 0.1) is 0 Å². The molecule has 0 aromatic rings. The zero-order chi connectivity index (χ0) is 14.5. The van der Waals surface area contributed by atoms with Crippen LogP contribution in [0.2, 0.25) is 0 Å². The summed E-state index contributed by atoms with van der Waals surface area (Å²) in [6, 6.07) is 1.04. The first kappa shape index (κ1) is 15.8. The van der Waals surface area contributed by atoms with Crippen molar-refractivity contribution in [1.29, 1.82) is 0 Å². The standard InChI is InChI=1S/C16H30N2O2/c1-4-17-10-5-7-14(17)15-8-6-11-18(15)16(19)9-12-20-13(2)3/h13-15H,4-12H2,1-3H3/t14-,15-/m0/s1. The molecule has 0 radical (unpaired) electrons. The number of carbonyl (C=O) groups is 1. The van der Waals surface area contributed by atoms with Crippen LogP contribution in [-0.2, 0) is 9.53 Å². The Morgan fingerprint density at radius 1 is 1.20 bits per heavy atom. The summed E-state index contributed by atoms with van der Waals surface area (Å²) < 4.78 is 5.52. The van der Waals surface area contributed by atoms with Gasteiger partial charge in [0.15, 0.2) is 0 Å². The van der Waals surface area contributed by atoms with Gasteiger partial charge < -0.3 is 9.64 Å². The van der Waals surface area contributed by atoms with Crippen LogP contribution >= 0.6 is 0 Å². The van der Waals surface area contributed by atoms with Gasteiger partial charge in [-0.2, -0.15) is 0 Å². The monoisotopic (exact) mass is 282 g/mol. The van der Waals surface area contributed by atoms with Crippen LogP contribution in [-0.4, -0.2) is 60.1 Å². The maximum absolute atomic E-state index is 12.4. The molecule has 0 aromatic carbocycles. The number of amides is 1. The Bertz CT molecular complexity index is 320. The van der Waals surface area contributed by atoms with E-state index in [0.717, 1.165) is 19.5 Å². The van der Waals surface area contributed by atoms with Gasteiger partial charge in [0.05, 0.1) is 19.1 Å². The number of nitrogens with zero attached hydrogens (tertiary/aromatic N) is 2. The third-order valence-corrected chi connectivity index (χ3v) is 4.65. The van der Waals surface area contributed by atoms with E-state index in [1.165, 1.54) is 25.8 Å². The van der Waals surface area contributed by atoms with Crippen LogP contribution in [0.25, 0.3) is 0 Å². The van der Waals surface area contributed by atoms with Crippen LogP contribution in [0.3, 0.4) is 0 Å². The van der Waals surface area contributed by atoms with Gasteiger partial charge in [0.2, 0.25) is 5.91 Å². The summed E-state index contributed by atoms with van der Waals surface area (Å²) in [5.41, 5.74) is 0. The maximum Gasteiger partial charge on any atom is 0.225 e. The second kappa shape index (κ2) is 7.41. The molecule has 0 aliphatic carbocycles. The Balaban J connectivity index is 1.88. The molecule has 1 amide bonds. The first-order valence-electron chi connectivity index (χ1n) is 8.28. The van der Waals surface area contributed by atoms with Gasteiger partial charge >= 0.3 is 0 Å². The Hall–Kier alpha value is -0.610. The number of likely N-dealkylation sites (N-methyl/N-ethyl adjacent to an activating group) is 1. The van der Waals surface area contributed by atoms with Crippen molar-refractivity contribution in [3.63, 3.8) is 0 Å². The van der Waals surface area contributed by atoms with E-state index < -0.39 is 0 Å². The lowest BCUT2D eigenvalue weighted by Gasteiger charge is -2.34. The molecular formula is C16H30N2O2. The second-order valence-electron chi connectivity index (χ2n) is 6.30. The molecule has 0 bridgehead atoms. The number of likely N-dealkylation sites (tertiary alicyclic amines) is 2. The molecule has 2 atom stereocenters. The van der Waals surface area contributed by atoms with Gasteiger partial charge in [0.25, 0.3) is 0 Å². The molecule has 0 saturated carbocycles. The molecule has 4 nitrogen and oxygen atoms in total. The zero-order valence-electron chi connectivity index (χ0n) is 13.3. The molecule has 0 N–H and O–H groups in total. The van der Waals surface area contributed by atoms with Crippen molar-refractivity contribution < 1.29 is 9.53 Å². The van der Waals surface area contributed by atoms with Gasteiger partial charge in [-0.3, -0.25) is 9.69 Å². The maximum atomic E-state index is 12.4. The molecule has 2 rings (SSSR count). The Labute approximate surface area is 123 Å². The predicted molar refractivity (Wildman–Crippen MR) is 80.7 cm³/mol. The van der Waals surface area contributed by atoms with Gasteiger partial charge in [-0.15, -0.1) is 0 Å². The SMILES string of the molecule is CCN1CCC[C@H]1[C@@H]1CCCN1C(=O)CCOC(C)C. The number of carbonyl (C=O) groups excluding carboxylic acids is 1. The molecule has 2 heterocycles. The highest BCUT2D eigenvalue weighted by atomic mass is 16.5. The normalized spacial score (nSPS) is 27.7. The largest absolute Gasteiger partial charge is 0.378 e. The average Bonchev–Trinajstić information content (AvgIpc) is 3.06. The van der Waals surface area contributed by atoms with Crippen LogP contribution in [0.5, 0.6) is 0 Å². The van der Waals surface area contributed by atoms with Gasteiger partial charge in [0.1, 0.15) is 0 Å². The fourth-order valence-corrected chi connectivity index (χ4v) is 3.71. The summed E-state index contributed by atoms with van der Waals surface area (Å²) in [7, 11) is 0. The Morgan fingerprint density at radius 3 is 2.60 bits per heavy atom. The van der Waals surface area contributed by atoms with Crippen molar-refractivity contribution in [3.8, 4) is 0 Å². The molecule has 4 heteroatoms. The third kappa shape index (κ3) is 3.73. The first-order chi connectivity index (χ1) is 9.63. The lowest BCUT2D eigenvalue weighted by Crippen LogP contribution is -2.48. The number of rotatable bonds is 6. The summed E-state index contributed by atoms with van der Waals surface area (Å²) in [5.74, 6) is 0.288. The van der Waals surface area contributed by atoms with E-state index in [1.54, 1.807) is 0 Å². The minimum Gasteiger partial charge on any atom is -0.378 e. The molecular weight excluding hydrogens is 252 g/mol. The highest BCUT2D eigenvalue weighted by Crippen LogP contribution is 2.30. The van der Waals surface area contributed by atoms with E-state index in [2.05, 4.69) is 16.7 Å². The molecule has 0 spiro atoms. The van der Waals surface area contributed by atoms with E-state index in [1.807, 2.05) is 13.8 Å². The summed E-state index contributed by atoms with van der Waals surface area (Å²) in [4.78, 5) is 17.1. The lowest BCUT2D eigenvalue weighted by atomic mass is 10.0.